The summed E-state index contributed by atoms with van der Waals surface area (Å²) in [5.74, 6) is 0. The highest BCUT2D eigenvalue weighted by Crippen LogP contribution is 2.47. The number of furan rings is 1. The summed E-state index contributed by atoms with van der Waals surface area (Å²) in [6.45, 7) is -1.56. The molecule has 3 nitrogen and oxygen atoms in total. The molecule has 1 aromatic heterocycles. The monoisotopic (exact) mass is 768 g/mol. The molecule has 0 radical (unpaired) electrons. The molecule has 0 saturated carbocycles. The average molecular weight is 769 g/mol. The third kappa shape index (κ3) is 6.51. The summed E-state index contributed by atoms with van der Waals surface area (Å²) in [6, 6.07) is 29.0. The van der Waals surface area contributed by atoms with E-state index in [2.05, 4.69) is 0 Å². The van der Waals surface area contributed by atoms with Crippen LogP contribution in [0.2, 0.25) is 0 Å². The van der Waals surface area contributed by atoms with Crippen LogP contribution in [0, 0.1) is 0 Å². The van der Waals surface area contributed by atoms with Crippen LogP contribution in [0.5, 0.6) is 0 Å². The van der Waals surface area contributed by atoms with Crippen molar-refractivity contribution < 1.29 is 48.7 Å². The minimum atomic E-state index is -4.63. The van der Waals surface area contributed by atoms with Crippen LogP contribution in [-0.2, 0) is 34.8 Å². The topological polar surface area (TPSA) is 47.3 Å². The maximum Gasteiger partial charge on any atom is 0.416 e. The smallest absolute Gasteiger partial charge is 0.416 e. The van der Waals surface area contributed by atoms with Crippen molar-refractivity contribution >= 4 is 68.0 Å². The molecular formula is C40H26F8O3P2. The Hall–Kier alpha value is -4.98. The molecule has 53 heavy (non-hydrogen) atoms. The van der Waals surface area contributed by atoms with Crippen molar-refractivity contribution in [1.29, 1.82) is 0 Å². The summed E-state index contributed by atoms with van der Waals surface area (Å²) in [5, 5.41) is 1.94. The lowest BCUT2D eigenvalue weighted by molar-refractivity contribution is -0.138. The average Bonchev–Trinajstić information content (AvgIpc) is 3.54. The first-order valence-electron chi connectivity index (χ1n) is 16.0. The summed E-state index contributed by atoms with van der Waals surface area (Å²) in [7, 11) is -7.82. The van der Waals surface area contributed by atoms with Crippen LogP contribution in [0.15, 0.2) is 138 Å². The molecule has 0 spiro atoms. The van der Waals surface area contributed by atoms with Gasteiger partial charge in [0.1, 0.15) is 24.5 Å². The van der Waals surface area contributed by atoms with Gasteiger partial charge in [-0.25, -0.2) is 8.78 Å². The second-order valence-electron chi connectivity index (χ2n) is 12.4. The van der Waals surface area contributed by atoms with E-state index in [9.17, 15) is 35.1 Å². The fraction of sp³-hybridized carbons (Fsp3) is 0.100. The van der Waals surface area contributed by atoms with Gasteiger partial charge in [-0.15, -0.1) is 0 Å². The van der Waals surface area contributed by atoms with E-state index >= 15 is 9.13 Å². The summed E-state index contributed by atoms with van der Waals surface area (Å²) >= 11 is 0. The van der Waals surface area contributed by atoms with Crippen LogP contribution in [0.3, 0.4) is 0 Å². The fourth-order valence-electron chi connectivity index (χ4n) is 6.35. The number of hydrogen-bond donors (Lipinski definition) is 0. The number of rotatable bonds is 8. The van der Waals surface area contributed by atoms with Gasteiger partial charge in [0.15, 0.2) is 14.3 Å². The normalized spacial score (nSPS) is 14.6. The quantitative estimate of drug-likeness (QED) is 0.114. The lowest BCUT2D eigenvalue weighted by atomic mass is 10.1. The van der Waals surface area contributed by atoms with Crippen molar-refractivity contribution in [3.63, 3.8) is 0 Å². The standard InChI is InChI=1S/C40H26F8O3P2/c41-23-25-1-9-29(10-2-25)52(49,31-13-5-27(6-14-31)39(43,44)45)33-17-19-37-35(21-33)36-22-34(18-20-38(36)51-37)53(50,30-11-3-26(24-42)4-12-30)32-15-7-28(8-16-32)40(46,47)48/h1-22H,23-24H2. The van der Waals surface area contributed by atoms with E-state index in [0.717, 1.165) is 48.5 Å². The predicted octanol–water partition coefficient (Wildman–Crippen LogP) is 9.84. The highest BCUT2D eigenvalue weighted by molar-refractivity contribution is 7.85. The van der Waals surface area contributed by atoms with Crippen LogP contribution in [0.4, 0.5) is 35.1 Å². The van der Waals surface area contributed by atoms with Crippen molar-refractivity contribution in [3.8, 4) is 0 Å². The largest absolute Gasteiger partial charge is 0.456 e. The van der Waals surface area contributed by atoms with Crippen molar-refractivity contribution in [2.75, 3.05) is 0 Å². The molecule has 0 saturated heterocycles. The fourth-order valence-corrected chi connectivity index (χ4v) is 11.6. The third-order valence-electron chi connectivity index (χ3n) is 9.19. The molecule has 0 aliphatic heterocycles. The molecular weight excluding hydrogens is 742 g/mol. The number of halogens is 8. The van der Waals surface area contributed by atoms with Gasteiger partial charge < -0.3 is 13.5 Å². The Morgan fingerprint density at radius 1 is 0.415 bits per heavy atom. The maximum atomic E-state index is 15.3. The zero-order chi connectivity index (χ0) is 37.8. The first-order valence-corrected chi connectivity index (χ1v) is 19.4. The Morgan fingerprint density at radius 2 is 0.698 bits per heavy atom. The summed E-state index contributed by atoms with van der Waals surface area (Å²) < 4.78 is 144. The van der Waals surface area contributed by atoms with Crippen molar-refractivity contribution in [1.82, 2.24) is 0 Å². The number of benzene rings is 6. The Labute approximate surface area is 297 Å². The number of fused-ring (bicyclic) bond motifs is 3. The molecule has 7 aromatic rings. The van der Waals surface area contributed by atoms with Crippen molar-refractivity contribution in [3.05, 3.63) is 156 Å². The Kier molecular flexibility index (Phi) is 9.24. The van der Waals surface area contributed by atoms with E-state index in [1.165, 1.54) is 60.7 Å². The van der Waals surface area contributed by atoms with Gasteiger partial charge in [0.25, 0.3) is 0 Å². The molecule has 6 aromatic carbocycles. The van der Waals surface area contributed by atoms with Gasteiger partial charge in [-0.2, -0.15) is 26.3 Å². The van der Waals surface area contributed by atoms with E-state index < -0.39 is 51.1 Å². The zero-order valence-electron chi connectivity index (χ0n) is 27.3. The van der Waals surface area contributed by atoms with Crippen LogP contribution in [0.25, 0.3) is 21.9 Å². The molecule has 7 rings (SSSR count). The van der Waals surface area contributed by atoms with Gasteiger partial charge >= 0.3 is 12.4 Å². The Morgan fingerprint density at radius 3 is 0.981 bits per heavy atom. The van der Waals surface area contributed by atoms with Crippen LogP contribution < -0.4 is 31.8 Å². The second-order valence-corrected chi connectivity index (χ2v) is 17.9. The highest BCUT2D eigenvalue weighted by Gasteiger charge is 2.36. The third-order valence-corrected chi connectivity index (χ3v) is 15.3. The van der Waals surface area contributed by atoms with Gasteiger partial charge in [-0.1, -0.05) is 72.8 Å². The van der Waals surface area contributed by atoms with E-state index in [1.54, 1.807) is 24.3 Å². The maximum absolute atomic E-state index is 15.3. The second kappa shape index (κ2) is 13.5. The number of hydrogen-bond acceptors (Lipinski definition) is 3. The van der Waals surface area contributed by atoms with Gasteiger partial charge in [0.05, 0.1) is 11.1 Å². The minimum absolute atomic E-state index is 0.0925. The minimum Gasteiger partial charge on any atom is -0.456 e. The van der Waals surface area contributed by atoms with Crippen LogP contribution in [-0.4, -0.2) is 0 Å². The molecule has 0 aliphatic rings. The van der Waals surface area contributed by atoms with E-state index in [0.29, 0.717) is 33.1 Å². The SMILES string of the molecule is O=P(c1ccc(CF)cc1)(c1ccc(C(F)(F)F)cc1)c1ccc2oc3ccc(P(=O)(c4ccc(CF)cc4)c4ccc(C(F)(F)F)cc4)cc3c2c1. The zero-order valence-corrected chi connectivity index (χ0v) is 29.0. The molecule has 0 amide bonds. The predicted molar refractivity (Wildman–Crippen MR) is 192 cm³/mol. The summed E-state index contributed by atoms with van der Waals surface area (Å²) in [5.41, 5.74) is -0.558. The van der Waals surface area contributed by atoms with Crippen molar-refractivity contribution in [2.24, 2.45) is 0 Å². The molecule has 1 heterocycles. The Bertz CT molecular complexity index is 2360. The Balaban J connectivity index is 1.43. The van der Waals surface area contributed by atoms with Crippen LogP contribution >= 0.6 is 14.3 Å². The van der Waals surface area contributed by atoms with Gasteiger partial charge in [-0.3, -0.25) is 0 Å². The first-order chi connectivity index (χ1) is 25.2. The number of alkyl halides is 8. The van der Waals surface area contributed by atoms with Gasteiger partial charge in [0.2, 0.25) is 0 Å². The molecule has 0 bridgehead atoms. The molecule has 0 fully saturated rings. The van der Waals surface area contributed by atoms with Crippen LogP contribution in [0.1, 0.15) is 22.3 Å². The van der Waals surface area contributed by atoms with E-state index in [4.69, 9.17) is 4.42 Å². The summed E-state index contributed by atoms with van der Waals surface area (Å²) in [4.78, 5) is 0. The highest BCUT2D eigenvalue weighted by atomic mass is 31.2. The molecule has 2 atom stereocenters. The molecule has 0 N–H and O–H groups in total. The van der Waals surface area contributed by atoms with Gasteiger partial charge in [0, 0.05) is 42.6 Å². The lowest BCUT2D eigenvalue weighted by Crippen LogP contribution is -2.26. The first kappa shape index (κ1) is 36.4. The summed E-state index contributed by atoms with van der Waals surface area (Å²) in [6.07, 6.45) is -9.26. The molecule has 2 unspecified atom stereocenters. The lowest BCUT2D eigenvalue weighted by Gasteiger charge is -2.21. The van der Waals surface area contributed by atoms with Crippen molar-refractivity contribution in [2.45, 2.75) is 25.7 Å². The van der Waals surface area contributed by atoms with E-state index in [-0.39, 0.29) is 31.8 Å². The van der Waals surface area contributed by atoms with Gasteiger partial charge in [-0.05, 0) is 71.8 Å². The van der Waals surface area contributed by atoms with E-state index in [1.807, 2.05) is 0 Å². The molecule has 13 heteroatoms. The molecule has 270 valence electrons. The molecule has 0 aliphatic carbocycles.